The summed E-state index contributed by atoms with van der Waals surface area (Å²) in [4.78, 5) is 291. The van der Waals surface area contributed by atoms with Gasteiger partial charge in [-0.25, -0.2) is 4.79 Å². The van der Waals surface area contributed by atoms with Crippen LogP contribution >= 0.6 is 0 Å². The lowest BCUT2D eigenvalue weighted by Crippen LogP contribution is -2.62. The average Bonchev–Trinajstić information content (AvgIpc) is 1.63. The standard InChI is InChI=1S/C93H156N22O27/c1-16-52(12)75(113-85(133)64(40-50(8)9)106-83(131)62(38-48(4)5)104-81(129)59(24-18-20-34-95)103-87(135)68-25-21-35-114(68)91(139)54(14)100-80(128)58(23-17-19-33-94)101-70(120)42-96)89(137)108-65(41-56-27-29-57(119)30-28-56)79(127)98-44-72(122)112-76(55(15)118)90(138)109-66(45-116)86(134)107-63(39-49(6)7)84(132)105-61(37-47(2)3)82(130)99-53(13)77(125)102-60(31-32-73(123)124)78(126)97-43-71(121)111-74(51(10)11)92(140)115-36-22-26-69(115)88(136)110-67(46-117)93(141)142/h27-30,47-55,58-69,74-76,116-119H,16-26,31-46,94-96H2,1-15H3,(H,97,126)(H,98,127)(H,99,130)(H,100,128)(H,101,120)(H,102,125)(H,103,135)(H,104,129)(H,105,132)(H,106,131)(H,107,134)(H,108,137)(H,109,138)(H,110,136)(H,111,121)(H,112,122)(H,113,133)(H,123,124)(H,141,142)/t52-,53-,54-,55+,58-,59-,60-,61-,62-,63-,64-,65-,66-,67-,68-,69-,74-,75-,76-/m0/s1. The van der Waals surface area contributed by atoms with E-state index >= 15 is 0 Å². The summed E-state index contributed by atoms with van der Waals surface area (Å²) in [5.41, 5.74) is 17.4. The number of rotatable bonds is 64. The number of carboxylic acids is 2. The third kappa shape index (κ3) is 42.8. The lowest BCUT2D eigenvalue weighted by Gasteiger charge is -2.31. The molecule has 0 saturated carbocycles. The topological polar surface area (TPSA) is 769 Å². The third-order valence-electron chi connectivity index (χ3n) is 23.8. The smallest absolute Gasteiger partial charge is 0.328 e. The first-order valence-corrected chi connectivity index (χ1v) is 48.7. The maximum Gasteiger partial charge on any atom is 0.328 e. The maximum atomic E-state index is 14.8. The van der Waals surface area contributed by atoms with Crippen LogP contribution in [0.25, 0.3) is 0 Å². The number of nitrogens with one attached hydrogen (secondary N) is 17. The highest BCUT2D eigenvalue weighted by Gasteiger charge is 2.44. The van der Waals surface area contributed by atoms with Gasteiger partial charge >= 0.3 is 11.9 Å². The van der Waals surface area contributed by atoms with Crippen molar-refractivity contribution in [1.82, 2.24) is 100 Å². The van der Waals surface area contributed by atoms with Gasteiger partial charge in [-0.05, 0) is 183 Å². The van der Waals surface area contributed by atoms with Gasteiger partial charge in [-0.2, -0.15) is 0 Å². The summed E-state index contributed by atoms with van der Waals surface area (Å²) in [7, 11) is 0. The fourth-order valence-corrected chi connectivity index (χ4v) is 15.7. The molecule has 2 heterocycles. The molecule has 49 nitrogen and oxygen atoms in total. The molecule has 29 N–H and O–H groups in total. The summed E-state index contributed by atoms with van der Waals surface area (Å²) < 4.78 is 0. The predicted molar refractivity (Wildman–Crippen MR) is 515 cm³/mol. The minimum Gasteiger partial charge on any atom is -0.508 e. The fraction of sp³-hybridized carbons (Fsp3) is 0.710. The number of benzene rings is 1. The van der Waals surface area contributed by atoms with Gasteiger partial charge in [-0.15, -0.1) is 0 Å². The Morgan fingerprint density at radius 1 is 0.380 bits per heavy atom. The minimum atomic E-state index is -1.93. The Kier molecular flexibility index (Phi) is 54.8. The number of aliphatic hydroxyl groups excluding tert-OH is 3. The number of hydrogen-bond acceptors (Lipinski definition) is 28. The van der Waals surface area contributed by atoms with Crippen molar-refractivity contribution < 1.29 is 131 Å². The van der Waals surface area contributed by atoms with E-state index in [1.54, 1.807) is 83.1 Å². The van der Waals surface area contributed by atoms with Crippen LogP contribution in [0.15, 0.2) is 24.3 Å². The molecule has 2 fully saturated rings. The van der Waals surface area contributed by atoms with Gasteiger partial charge in [0.1, 0.15) is 108 Å². The van der Waals surface area contributed by atoms with E-state index < -0.39 is 284 Å². The zero-order chi connectivity index (χ0) is 107. The molecule has 2 aliphatic heterocycles. The van der Waals surface area contributed by atoms with Crippen LogP contribution in [0.1, 0.15) is 219 Å². The predicted octanol–water partition coefficient (Wildman–Crippen LogP) is -6.12. The number of amides is 19. The van der Waals surface area contributed by atoms with Crippen LogP contribution in [-0.4, -0.2) is 332 Å². The molecule has 0 radical (unpaired) electrons. The highest BCUT2D eigenvalue weighted by atomic mass is 16.4. The van der Waals surface area contributed by atoms with Crippen molar-refractivity contribution in [2.24, 2.45) is 52.7 Å². The number of hydrogen-bond donors (Lipinski definition) is 26. The fourth-order valence-electron chi connectivity index (χ4n) is 15.7. The second-order valence-corrected chi connectivity index (χ2v) is 38.2. The molecule has 0 spiro atoms. The van der Waals surface area contributed by atoms with Crippen molar-refractivity contribution in [3.63, 3.8) is 0 Å². The van der Waals surface area contributed by atoms with E-state index in [9.17, 15) is 131 Å². The number of carbonyl (C=O) groups excluding carboxylic acids is 19. The number of aromatic hydroxyl groups is 1. The SMILES string of the molecule is CC[C@H](C)[C@H](NC(=O)[C@H](CC(C)C)NC(=O)[C@H](CC(C)C)NC(=O)[C@H](CCCCN)NC(=O)[C@@H]1CCCN1C(=O)[C@H](C)NC(=O)[C@H](CCCCN)NC(=O)CN)C(=O)N[C@@H](Cc1ccc(O)cc1)C(=O)NCC(=O)N[C@H](C(=O)N[C@@H](CO)C(=O)N[C@@H](CC(C)C)C(=O)N[C@@H](CC(C)C)C(=O)N[C@@H](C)C(=O)N[C@@H](CCC(=O)O)C(=O)NCC(=O)N[C@H](C(=O)N1CCC[C@H]1C(=O)N[C@@H](CO)C(=O)O)C(C)C)[C@@H](C)O. The number of nitrogens with zero attached hydrogens (tertiary/aromatic N) is 2. The molecule has 142 heavy (non-hydrogen) atoms. The molecule has 0 bridgehead atoms. The first-order valence-electron chi connectivity index (χ1n) is 48.7. The van der Waals surface area contributed by atoms with Gasteiger partial charge in [0.05, 0.1) is 39.0 Å². The van der Waals surface area contributed by atoms with Crippen molar-refractivity contribution in [2.75, 3.05) is 59.0 Å². The number of carboxylic acid groups (broad SMARTS) is 2. The van der Waals surface area contributed by atoms with Gasteiger partial charge in [0, 0.05) is 25.9 Å². The Hall–Kier alpha value is -12.3. The molecule has 0 aromatic heterocycles. The zero-order valence-corrected chi connectivity index (χ0v) is 84.1. The number of phenols is 1. The Labute approximate surface area is 827 Å². The molecule has 1 aromatic rings. The van der Waals surface area contributed by atoms with E-state index in [0.717, 1.165) is 11.8 Å². The van der Waals surface area contributed by atoms with Crippen molar-refractivity contribution >= 4 is 124 Å². The van der Waals surface area contributed by atoms with Crippen LogP contribution in [-0.2, 0) is 107 Å². The number of nitrogens with two attached hydrogens (primary N) is 3. The summed E-state index contributed by atoms with van der Waals surface area (Å²) in [5.74, 6) is -22.6. The molecular formula is C93H156N22O27. The zero-order valence-electron chi connectivity index (χ0n) is 84.1. The molecular weight excluding hydrogens is 1860 g/mol. The van der Waals surface area contributed by atoms with Crippen LogP contribution in [0.4, 0.5) is 0 Å². The average molecular weight is 2010 g/mol. The lowest BCUT2D eigenvalue weighted by molar-refractivity contribution is -0.146. The van der Waals surface area contributed by atoms with E-state index in [0.29, 0.717) is 50.6 Å². The molecule has 49 heteroatoms. The first kappa shape index (κ1) is 124. The maximum absolute atomic E-state index is 14.8. The molecule has 0 unspecified atom stereocenters. The van der Waals surface area contributed by atoms with Crippen LogP contribution in [0.5, 0.6) is 5.75 Å². The number of aliphatic carboxylic acids is 2. The Balaban J connectivity index is 1.80. The van der Waals surface area contributed by atoms with Crippen molar-refractivity contribution in [3.8, 4) is 5.75 Å². The summed E-state index contributed by atoms with van der Waals surface area (Å²) in [6, 6.07) is -18.8. The van der Waals surface area contributed by atoms with E-state index in [2.05, 4.69) is 90.4 Å². The number of aliphatic hydroxyl groups is 3. The normalized spacial score (nSPS) is 17.1. The van der Waals surface area contributed by atoms with Gasteiger partial charge in [-0.1, -0.05) is 102 Å². The van der Waals surface area contributed by atoms with Crippen LogP contribution in [0.2, 0.25) is 0 Å². The summed E-state index contributed by atoms with van der Waals surface area (Å²) in [6.07, 6.45) is -0.0791. The molecule has 19 amide bonds. The van der Waals surface area contributed by atoms with Gasteiger partial charge in [0.2, 0.25) is 112 Å². The number of phenolic OH excluding ortho intramolecular Hbond substituents is 1. The lowest BCUT2D eigenvalue weighted by atomic mass is 9.95. The number of carbonyl (C=O) groups is 21. The largest absolute Gasteiger partial charge is 0.508 e. The second-order valence-electron chi connectivity index (χ2n) is 38.2. The molecule has 1 aromatic carbocycles. The van der Waals surface area contributed by atoms with Gasteiger partial charge in [0.25, 0.3) is 0 Å². The van der Waals surface area contributed by atoms with Crippen LogP contribution in [0, 0.1) is 35.5 Å². The van der Waals surface area contributed by atoms with E-state index in [1.165, 1.54) is 43.0 Å². The van der Waals surface area contributed by atoms with E-state index in [-0.39, 0.29) is 120 Å². The van der Waals surface area contributed by atoms with Crippen LogP contribution in [0.3, 0.4) is 0 Å². The third-order valence-corrected chi connectivity index (χ3v) is 23.8. The quantitative estimate of drug-likeness (QED) is 0.0270. The van der Waals surface area contributed by atoms with Crippen LogP contribution < -0.4 is 108 Å². The van der Waals surface area contributed by atoms with E-state index in [4.69, 9.17) is 17.2 Å². The van der Waals surface area contributed by atoms with Gasteiger partial charge < -0.3 is 148 Å². The minimum absolute atomic E-state index is 0.0102. The highest BCUT2D eigenvalue weighted by Crippen LogP contribution is 2.24. The summed E-state index contributed by atoms with van der Waals surface area (Å²) in [6.45, 7) is 20.6. The van der Waals surface area contributed by atoms with Gasteiger partial charge in [-0.3, -0.25) is 95.9 Å². The van der Waals surface area contributed by atoms with Crippen molar-refractivity contribution in [2.45, 2.75) is 328 Å². The molecule has 0 aliphatic carbocycles. The molecule has 800 valence electrons. The molecule has 19 atom stereocenters. The number of likely N-dealkylation sites (tertiary alicyclic amines) is 2. The Morgan fingerprint density at radius 3 is 1.18 bits per heavy atom. The van der Waals surface area contributed by atoms with E-state index in [1.807, 2.05) is 0 Å². The van der Waals surface area contributed by atoms with Crippen molar-refractivity contribution in [1.29, 1.82) is 0 Å². The molecule has 3 rings (SSSR count). The highest BCUT2D eigenvalue weighted by molar-refractivity contribution is 6.02. The second kappa shape index (κ2) is 62.8. The molecule has 2 aliphatic rings. The van der Waals surface area contributed by atoms with Gasteiger partial charge in [0.15, 0.2) is 0 Å². The Morgan fingerprint density at radius 2 is 0.754 bits per heavy atom. The Bertz CT molecular complexity index is 4410. The number of unbranched alkanes of at least 4 members (excludes halogenated alkanes) is 2. The monoisotopic (exact) mass is 2010 g/mol. The summed E-state index contributed by atoms with van der Waals surface area (Å²) in [5, 5.41) is 103. The first-order chi connectivity index (χ1) is 66.8. The van der Waals surface area contributed by atoms with Crippen molar-refractivity contribution in [3.05, 3.63) is 29.8 Å². The molecule has 2 saturated heterocycles. The summed E-state index contributed by atoms with van der Waals surface area (Å²) >= 11 is 0.